The number of hydrogen-bond donors (Lipinski definition) is 3. The number of carbonyl (C=O) groups is 2. The van der Waals surface area contributed by atoms with Crippen LogP contribution in [-0.2, 0) is 16.0 Å². The van der Waals surface area contributed by atoms with Crippen LogP contribution in [0.4, 0.5) is 0 Å². The van der Waals surface area contributed by atoms with Crippen molar-refractivity contribution in [3.63, 3.8) is 0 Å². The summed E-state index contributed by atoms with van der Waals surface area (Å²) >= 11 is 0. The second-order valence-electron chi connectivity index (χ2n) is 10.1. The van der Waals surface area contributed by atoms with Gasteiger partial charge >= 0.3 is 0 Å². The van der Waals surface area contributed by atoms with Gasteiger partial charge in [0.25, 0.3) is 0 Å². The lowest BCUT2D eigenvalue weighted by Crippen LogP contribution is -2.70. The average molecular weight is 475 g/mol. The number of amides is 2. The van der Waals surface area contributed by atoms with Gasteiger partial charge in [-0.2, -0.15) is 0 Å². The second kappa shape index (κ2) is 8.02. The lowest BCUT2D eigenvalue weighted by Gasteiger charge is -2.53. The molecule has 1 saturated carbocycles. The summed E-state index contributed by atoms with van der Waals surface area (Å²) in [5, 5.41) is 14.7. The number of ether oxygens (including phenoxy) is 1. The van der Waals surface area contributed by atoms with E-state index in [0.717, 1.165) is 33.5 Å². The third-order valence-corrected chi connectivity index (χ3v) is 7.65. The van der Waals surface area contributed by atoms with Gasteiger partial charge in [0, 0.05) is 42.1 Å². The molecule has 3 aliphatic rings. The lowest BCUT2D eigenvalue weighted by atomic mass is 9.78. The fourth-order valence-corrected chi connectivity index (χ4v) is 5.77. The maximum absolute atomic E-state index is 14.0. The molecule has 6 rings (SSSR count). The predicted octanol–water partition coefficient (Wildman–Crippen LogP) is 2.71. The molecule has 2 atom stereocenters. The summed E-state index contributed by atoms with van der Waals surface area (Å²) in [6, 6.07) is 12.8. The molecule has 1 aromatic heterocycles. The highest BCUT2D eigenvalue weighted by molar-refractivity contribution is 6.00. The van der Waals surface area contributed by atoms with Crippen molar-refractivity contribution in [2.24, 2.45) is 0 Å². The summed E-state index contributed by atoms with van der Waals surface area (Å²) in [4.78, 5) is 34.6. The molecule has 1 aliphatic carbocycles. The van der Waals surface area contributed by atoms with Crippen LogP contribution in [0, 0.1) is 0 Å². The molecule has 2 fully saturated rings. The Kier molecular flexibility index (Phi) is 5.03. The number of aromatic hydroxyl groups is 1. The number of piperazine rings is 1. The van der Waals surface area contributed by atoms with Gasteiger partial charge < -0.3 is 29.9 Å². The van der Waals surface area contributed by atoms with Crippen molar-refractivity contribution in [3.05, 3.63) is 59.3 Å². The number of aromatic amines is 1. The molecule has 0 unspecified atom stereocenters. The number of fused-ring (bicyclic) bond motifs is 4. The van der Waals surface area contributed by atoms with Crippen LogP contribution in [0.25, 0.3) is 10.9 Å². The van der Waals surface area contributed by atoms with E-state index in [0.29, 0.717) is 25.6 Å². The maximum atomic E-state index is 14.0. The van der Waals surface area contributed by atoms with E-state index in [4.69, 9.17) is 4.74 Å². The van der Waals surface area contributed by atoms with E-state index in [-0.39, 0.29) is 24.1 Å². The first-order valence-corrected chi connectivity index (χ1v) is 12.2. The quantitative estimate of drug-likeness (QED) is 0.510. The molecule has 2 amide bonds. The Morgan fingerprint density at radius 3 is 2.77 bits per heavy atom. The molecule has 0 spiro atoms. The van der Waals surface area contributed by atoms with Gasteiger partial charge in [-0.05, 0) is 61.2 Å². The summed E-state index contributed by atoms with van der Waals surface area (Å²) in [5.41, 5.74) is 2.53. The highest BCUT2D eigenvalue weighted by atomic mass is 16.5. The van der Waals surface area contributed by atoms with Gasteiger partial charge in [0.05, 0.1) is 19.7 Å². The van der Waals surface area contributed by atoms with Crippen molar-refractivity contribution in [2.45, 2.75) is 43.8 Å². The van der Waals surface area contributed by atoms with Crippen molar-refractivity contribution in [1.29, 1.82) is 0 Å². The minimum atomic E-state index is -1.05. The van der Waals surface area contributed by atoms with E-state index >= 15 is 0 Å². The first-order valence-electron chi connectivity index (χ1n) is 12.2. The largest absolute Gasteiger partial charge is 0.508 e. The van der Waals surface area contributed by atoms with Crippen LogP contribution >= 0.6 is 0 Å². The second-order valence-corrected chi connectivity index (χ2v) is 10.1. The SMILES string of the molecule is COc1ccc2[nH]c3c(c2c1)C[C@@]1(C)C(=O)N(CCNC2CC2)CC(=O)N1[C@@H]3c1cccc(O)c1. The molecule has 2 aliphatic heterocycles. The van der Waals surface area contributed by atoms with E-state index < -0.39 is 11.6 Å². The minimum absolute atomic E-state index is 0.0391. The third-order valence-electron chi connectivity index (χ3n) is 7.65. The molecule has 182 valence electrons. The summed E-state index contributed by atoms with van der Waals surface area (Å²) in [7, 11) is 1.63. The maximum Gasteiger partial charge on any atom is 0.249 e. The molecule has 0 radical (unpaired) electrons. The number of aromatic nitrogens is 1. The van der Waals surface area contributed by atoms with Crippen molar-refractivity contribution in [1.82, 2.24) is 20.1 Å². The van der Waals surface area contributed by atoms with Gasteiger partial charge in [0.1, 0.15) is 17.0 Å². The zero-order valence-corrected chi connectivity index (χ0v) is 20.0. The molecule has 8 heteroatoms. The Labute approximate surface area is 203 Å². The lowest BCUT2D eigenvalue weighted by molar-refractivity contribution is -0.167. The van der Waals surface area contributed by atoms with E-state index in [1.807, 2.05) is 31.2 Å². The molecule has 0 bridgehead atoms. The molecule has 1 saturated heterocycles. The Morgan fingerprint density at radius 2 is 2.03 bits per heavy atom. The molecule has 3 N–H and O–H groups in total. The van der Waals surface area contributed by atoms with Crippen LogP contribution < -0.4 is 10.1 Å². The summed E-state index contributed by atoms with van der Waals surface area (Å²) < 4.78 is 5.47. The molecule has 3 heterocycles. The van der Waals surface area contributed by atoms with Gasteiger partial charge in [0.15, 0.2) is 0 Å². The monoisotopic (exact) mass is 474 g/mol. The topological polar surface area (TPSA) is 97.9 Å². The standard InChI is InChI=1S/C27H30N4O4/c1-27-14-21-20-13-19(35-2)8-9-22(20)29-24(21)25(16-4-3-5-18(32)12-16)31(27)23(33)15-30(26(27)34)11-10-28-17-6-7-17/h3-5,8-9,12-13,17,25,28-29,32H,6-7,10-11,14-15H2,1-2H3/t25-,27+/m1/s1. The molecule has 3 aromatic rings. The summed E-state index contributed by atoms with van der Waals surface area (Å²) in [5.74, 6) is 0.730. The Hall–Kier alpha value is -3.52. The van der Waals surface area contributed by atoms with Crippen LogP contribution in [0.2, 0.25) is 0 Å². The number of benzene rings is 2. The number of nitrogens with zero attached hydrogens (tertiary/aromatic N) is 2. The van der Waals surface area contributed by atoms with Crippen molar-refractivity contribution in [3.8, 4) is 11.5 Å². The minimum Gasteiger partial charge on any atom is -0.508 e. The van der Waals surface area contributed by atoms with Gasteiger partial charge in [0.2, 0.25) is 11.8 Å². The first-order chi connectivity index (χ1) is 16.9. The fourth-order valence-electron chi connectivity index (χ4n) is 5.77. The number of H-pyrrole nitrogens is 1. The van der Waals surface area contributed by atoms with E-state index in [9.17, 15) is 14.7 Å². The molecular formula is C27H30N4O4. The van der Waals surface area contributed by atoms with Crippen LogP contribution in [-0.4, -0.2) is 70.0 Å². The number of carbonyl (C=O) groups excluding carboxylic acids is 2. The van der Waals surface area contributed by atoms with Crippen molar-refractivity contribution < 1.29 is 19.4 Å². The van der Waals surface area contributed by atoms with Crippen molar-refractivity contribution >= 4 is 22.7 Å². The summed E-state index contributed by atoms with van der Waals surface area (Å²) in [6.07, 6.45) is 2.76. The van der Waals surface area contributed by atoms with Gasteiger partial charge in [-0.25, -0.2) is 0 Å². The number of phenols is 1. The number of nitrogens with one attached hydrogen (secondary N) is 2. The normalized spacial score (nSPS) is 24.0. The Morgan fingerprint density at radius 1 is 1.20 bits per heavy atom. The van der Waals surface area contributed by atoms with E-state index in [1.165, 1.54) is 12.8 Å². The predicted molar refractivity (Wildman–Crippen MR) is 131 cm³/mol. The van der Waals surface area contributed by atoms with Crippen LogP contribution in [0.15, 0.2) is 42.5 Å². The van der Waals surface area contributed by atoms with Crippen molar-refractivity contribution in [2.75, 3.05) is 26.7 Å². The third kappa shape index (κ3) is 3.55. The number of phenolic OH excluding ortho intramolecular Hbond substituents is 1. The van der Waals surface area contributed by atoms with Crippen LogP contribution in [0.1, 0.15) is 42.6 Å². The first kappa shape index (κ1) is 22.0. The fraction of sp³-hybridized carbons (Fsp3) is 0.407. The molecule has 8 nitrogen and oxygen atoms in total. The molecule has 2 aromatic carbocycles. The molecule has 35 heavy (non-hydrogen) atoms. The van der Waals surface area contributed by atoms with Gasteiger partial charge in [-0.15, -0.1) is 0 Å². The van der Waals surface area contributed by atoms with E-state index in [1.54, 1.807) is 35.1 Å². The molecular weight excluding hydrogens is 444 g/mol. The highest BCUT2D eigenvalue weighted by Gasteiger charge is 2.56. The Bertz CT molecular complexity index is 1330. The highest BCUT2D eigenvalue weighted by Crippen LogP contribution is 2.47. The zero-order chi connectivity index (χ0) is 24.3. The average Bonchev–Trinajstić information content (AvgIpc) is 3.60. The van der Waals surface area contributed by atoms with E-state index in [2.05, 4.69) is 10.3 Å². The number of rotatable bonds is 6. The Balaban J connectivity index is 1.48. The van der Waals surface area contributed by atoms with Crippen LogP contribution in [0.3, 0.4) is 0 Å². The number of hydrogen-bond acceptors (Lipinski definition) is 5. The van der Waals surface area contributed by atoms with Crippen LogP contribution in [0.5, 0.6) is 11.5 Å². The zero-order valence-electron chi connectivity index (χ0n) is 20.0. The number of methoxy groups -OCH3 is 1. The smallest absolute Gasteiger partial charge is 0.249 e. The summed E-state index contributed by atoms with van der Waals surface area (Å²) in [6.45, 7) is 3.13. The van der Waals surface area contributed by atoms with Gasteiger partial charge in [-0.1, -0.05) is 12.1 Å². The van der Waals surface area contributed by atoms with Gasteiger partial charge in [-0.3, -0.25) is 9.59 Å².